The third-order valence-corrected chi connectivity index (χ3v) is 1.33. The maximum atomic E-state index is 10.3. The van der Waals surface area contributed by atoms with E-state index in [0.717, 1.165) is 0 Å². The number of nitrogens with two attached hydrogens (primary N) is 1. The van der Waals surface area contributed by atoms with Gasteiger partial charge in [-0.15, -0.1) is 0 Å². The van der Waals surface area contributed by atoms with Crippen LogP contribution in [-0.4, -0.2) is 11.2 Å². The van der Waals surface area contributed by atoms with Crippen LogP contribution in [-0.2, 0) is 4.79 Å². The van der Waals surface area contributed by atoms with E-state index in [-0.39, 0.29) is 11.3 Å². The van der Waals surface area contributed by atoms with Gasteiger partial charge in [-0.05, 0) is 12.1 Å². The molecule has 0 aliphatic heterocycles. The van der Waals surface area contributed by atoms with Crippen LogP contribution in [0.3, 0.4) is 0 Å². The quantitative estimate of drug-likeness (QED) is 0.395. The molecule has 0 amide bonds. The van der Waals surface area contributed by atoms with Gasteiger partial charge in [0.05, 0.1) is 4.92 Å². The number of rotatable bonds is 2. The molecule has 0 spiro atoms. The van der Waals surface area contributed by atoms with Crippen LogP contribution in [0.15, 0.2) is 18.2 Å². The SMILES string of the molecule is Nc1ccc([N+](=O)[O-])c([C]=O)c1. The van der Waals surface area contributed by atoms with Gasteiger partial charge >= 0.3 is 0 Å². The standard InChI is InChI=1S/C7H5N2O3/c8-6-1-2-7(9(11)12)5(3-6)4-10/h1-3H,8H2. The summed E-state index contributed by atoms with van der Waals surface area (Å²) in [5.74, 6) is 0. The maximum absolute atomic E-state index is 10.3. The summed E-state index contributed by atoms with van der Waals surface area (Å²) >= 11 is 0. The van der Waals surface area contributed by atoms with Crippen molar-refractivity contribution in [3.8, 4) is 0 Å². The number of hydrogen-bond acceptors (Lipinski definition) is 4. The molecule has 0 aromatic heterocycles. The number of hydrogen-bond donors (Lipinski definition) is 1. The van der Waals surface area contributed by atoms with E-state index >= 15 is 0 Å². The van der Waals surface area contributed by atoms with Crippen molar-refractivity contribution < 1.29 is 9.72 Å². The summed E-state index contributed by atoms with van der Waals surface area (Å²) in [6.07, 6.45) is 1.45. The minimum atomic E-state index is -0.653. The molecule has 1 aromatic rings. The molecule has 1 aromatic carbocycles. The van der Waals surface area contributed by atoms with Gasteiger partial charge in [-0.25, -0.2) is 0 Å². The zero-order chi connectivity index (χ0) is 9.14. The van der Waals surface area contributed by atoms with Crippen LogP contribution in [0.1, 0.15) is 5.56 Å². The zero-order valence-corrected chi connectivity index (χ0v) is 5.98. The minimum absolute atomic E-state index is 0.125. The fourth-order valence-electron chi connectivity index (χ4n) is 0.795. The van der Waals surface area contributed by atoms with E-state index < -0.39 is 4.92 Å². The van der Waals surface area contributed by atoms with E-state index in [4.69, 9.17) is 5.73 Å². The lowest BCUT2D eigenvalue weighted by Gasteiger charge is -1.95. The van der Waals surface area contributed by atoms with Crippen LogP contribution >= 0.6 is 0 Å². The molecule has 0 atom stereocenters. The Kier molecular flexibility index (Phi) is 2.05. The summed E-state index contributed by atoms with van der Waals surface area (Å²) < 4.78 is 0. The lowest BCUT2D eigenvalue weighted by molar-refractivity contribution is -0.385. The van der Waals surface area contributed by atoms with Crippen molar-refractivity contribution in [2.24, 2.45) is 0 Å². The molecule has 61 valence electrons. The Bertz CT molecular complexity index is 335. The monoisotopic (exact) mass is 165 g/mol. The van der Waals surface area contributed by atoms with Crippen LogP contribution in [0.5, 0.6) is 0 Å². The first-order valence-electron chi connectivity index (χ1n) is 3.07. The van der Waals surface area contributed by atoms with Gasteiger partial charge in [0.1, 0.15) is 5.56 Å². The van der Waals surface area contributed by atoms with E-state index in [2.05, 4.69) is 0 Å². The summed E-state index contributed by atoms with van der Waals surface area (Å²) in [7, 11) is 0. The van der Waals surface area contributed by atoms with Crippen molar-refractivity contribution in [1.82, 2.24) is 0 Å². The van der Waals surface area contributed by atoms with E-state index in [0.29, 0.717) is 5.69 Å². The molecular formula is C7H5N2O3. The summed E-state index contributed by atoms with van der Waals surface area (Å²) in [4.78, 5) is 19.8. The Morgan fingerprint density at radius 3 is 2.67 bits per heavy atom. The fraction of sp³-hybridized carbons (Fsp3) is 0. The minimum Gasteiger partial charge on any atom is -0.399 e. The summed E-state index contributed by atoms with van der Waals surface area (Å²) in [6.45, 7) is 0. The predicted octanol–water partition coefficient (Wildman–Crippen LogP) is 0.635. The molecule has 0 unspecified atom stereocenters. The lowest BCUT2D eigenvalue weighted by Crippen LogP contribution is -1.95. The molecule has 0 fully saturated rings. The summed E-state index contributed by atoms with van der Waals surface area (Å²) in [5.41, 5.74) is 5.20. The van der Waals surface area contributed by atoms with Crippen LogP contribution in [0.4, 0.5) is 11.4 Å². The number of carbonyl (C=O) groups excluding carboxylic acids is 1. The van der Waals surface area contributed by atoms with Gasteiger partial charge in [-0.3, -0.25) is 14.9 Å². The normalized spacial score (nSPS) is 9.33. The van der Waals surface area contributed by atoms with Crippen molar-refractivity contribution in [1.29, 1.82) is 0 Å². The lowest BCUT2D eigenvalue weighted by atomic mass is 10.2. The number of benzene rings is 1. The van der Waals surface area contributed by atoms with Gasteiger partial charge in [-0.2, -0.15) is 0 Å². The van der Waals surface area contributed by atoms with Crippen molar-refractivity contribution in [2.45, 2.75) is 0 Å². The largest absolute Gasteiger partial charge is 0.399 e. The molecule has 12 heavy (non-hydrogen) atoms. The Morgan fingerprint density at radius 2 is 2.17 bits per heavy atom. The average molecular weight is 165 g/mol. The number of nitro benzene ring substituents is 1. The first-order valence-corrected chi connectivity index (χ1v) is 3.07. The van der Waals surface area contributed by atoms with E-state index in [1.54, 1.807) is 0 Å². The second-order valence-corrected chi connectivity index (χ2v) is 2.14. The highest BCUT2D eigenvalue weighted by Crippen LogP contribution is 2.18. The van der Waals surface area contributed by atoms with Crippen molar-refractivity contribution in [3.63, 3.8) is 0 Å². The second kappa shape index (κ2) is 3.00. The average Bonchev–Trinajstić information content (AvgIpc) is 2.03. The summed E-state index contributed by atoms with van der Waals surface area (Å²) in [6, 6.07) is 3.75. The maximum Gasteiger partial charge on any atom is 0.280 e. The number of nitro groups is 1. The van der Waals surface area contributed by atoms with Crippen molar-refractivity contribution >= 4 is 17.7 Å². The molecule has 0 heterocycles. The molecule has 1 radical (unpaired) electrons. The number of nitrogens with zero attached hydrogens (tertiary/aromatic N) is 1. The third kappa shape index (κ3) is 1.39. The van der Waals surface area contributed by atoms with E-state index in [9.17, 15) is 14.9 Å². The van der Waals surface area contributed by atoms with Gasteiger partial charge in [0, 0.05) is 11.8 Å². The predicted molar refractivity (Wildman–Crippen MR) is 42.3 cm³/mol. The first-order chi connectivity index (χ1) is 5.65. The Balaban J connectivity index is 3.29. The molecule has 0 bridgehead atoms. The van der Waals surface area contributed by atoms with Crippen LogP contribution in [0, 0.1) is 10.1 Å². The molecule has 5 nitrogen and oxygen atoms in total. The Hall–Kier alpha value is -1.91. The molecule has 0 aliphatic rings. The molecule has 0 saturated heterocycles. The number of anilines is 1. The van der Waals surface area contributed by atoms with Gasteiger partial charge in [0.25, 0.3) is 5.69 Å². The van der Waals surface area contributed by atoms with E-state index in [1.807, 2.05) is 0 Å². The second-order valence-electron chi connectivity index (χ2n) is 2.14. The third-order valence-electron chi connectivity index (χ3n) is 1.33. The highest BCUT2D eigenvalue weighted by atomic mass is 16.6. The smallest absolute Gasteiger partial charge is 0.280 e. The summed E-state index contributed by atoms with van der Waals surface area (Å²) in [5, 5.41) is 10.3. The van der Waals surface area contributed by atoms with Crippen LogP contribution < -0.4 is 5.73 Å². The fourth-order valence-corrected chi connectivity index (χ4v) is 0.795. The van der Waals surface area contributed by atoms with Gasteiger partial charge in [0.15, 0.2) is 0 Å². The van der Waals surface area contributed by atoms with Gasteiger partial charge in [-0.1, -0.05) is 0 Å². The van der Waals surface area contributed by atoms with E-state index in [1.165, 1.54) is 24.5 Å². The highest BCUT2D eigenvalue weighted by molar-refractivity contribution is 5.83. The zero-order valence-electron chi connectivity index (χ0n) is 5.98. The molecular weight excluding hydrogens is 160 g/mol. The Labute approximate surface area is 68.0 Å². The number of nitrogen functional groups attached to an aromatic ring is 1. The highest BCUT2D eigenvalue weighted by Gasteiger charge is 2.12. The van der Waals surface area contributed by atoms with Gasteiger partial charge < -0.3 is 5.73 Å². The van der Waals surface area contributed by atoms with Crippen molar-refractivity contribution in [2.75, 3.05) is 5.73 Å². The molecule has 2 N–H and O–H groups in total. The van der Waals surface area contributed by atoms with Crippen LogP contribution in [0.25, 0.3) is 0 Å². The molecule has 5 heteroatoms. The topological polar surface area (TPSA) is 86.2 Å². The van der Waals surface area contributed by atoms with Crippen molar-refractivity contribution in [3.05, 3.63) is 33.9 Å². The van der Waals surface area contributed by atoms with Gasteiger partial charge in [0.2, 0.25) is 6.29 Å². The molecule has 0 aliphatic carbocycles. The Morgan fingerprint density at radius 1 is 1.50 bits per heavy atom. The molecule has 0 saturated carbocycles. The van der Waals surface area contributed by atoms with Crippen LogP contribution in [0.2, 0.25) is 0 Å². The molecule has 1 rings (SSSR count). The first kappa shape index (κ1) is 8.19.